The van der Waals surface area contributed by atoms with Gasteiger partial charge in [0.25, 0.3) is 0 Å². The van der Waals surface area contributed by atoms with E-state index in [-0.39, 0.29) is 35.8 Å². The molecule has 6 atom stereocenters. The normalized spacial score (nSPS) is 24.0. The lowest BCUT2D eigenvalue weighted by Gasteiger charge is -2.30. The minimum Gasteiger partial charge on any atom is -0.465 e. The monoisotopic (exact) mass is 679 g/mol. The number of ether oxygens (including phenoxy) is 2. The highest BCUT2D eigenvalue weighted by molar-refractivity contribution is 7.52. The van der Waals surface area contributed by atoms with Gasteiger partial charge in [-0.05, 0) is 56.2 Å². The number of aliphatic hydroxyl groups excluding tert-OH is 1. The third-order valence-corrected chi connectivity index (χ3v) is 9.55. The van der Waals surface area contributed by atoms with Crippen molar-refractivity contribution in [3.8, 4) is 11.8 Å². The number of nitrogens with one attached hydrogen (secondary N) is 1. The van der Waals surface area contributed by atoms with Crippen LogP contribution < -0.4 is 21.1 Å². The Hall–Kier alpha value is -4.84. The molecule has 6 N–H and O–H groups in total. The molecule has 1 unspecified atom stereocenters. The van der Waals surface area contributed by atoms with Crippen molar-refractivity contribution in [1.82, 2.24) is 19.7 Å². The maximum absolute atomic E-state index is 16.5. The Balaban J connectivity index is 1.45. The molecule has 3 heterocycles. The van der Waals surface area contributed by atoms with Crippen LogP contribution in [0.25, 0.3) is 11.1 Å². The van der Waals surface area contributed by atoms with E-state index in [1.54, 1.807) is 49.4 Å². The number of nitriles is 1. The van der Waals surface area contributed by atoms with Crippen molar-refractivity contribution in [2.45, 2.75) is 49.8 Å². The maximum Gasteiger partial charge on any atom is 0.459 e. The number of para-hydroxylation sites is 2. The zero-order chi connectivity index (χ0) is 34.7. The first-order valence-electron chi connectivity index (χ1n) is 14.9. The minimum atomic E-state index is -4.57. The number of rotatable bonds is 13. The molecule has 0 aliphatic carbocycles. The second-order valence-electron chi connectivity index (χ2n) is 11.2. The molecule has 0 radical (unpaired) electrons. The van der Waals surface area contributed by atoms with E-state index in [9.17, 15) is 19.7 Å². The lowest BCUT2D eigenvalue weighted by atomic mass is 9.82. The second-order valence-corrected chi connectivity index (χ2v) is 12.9. The Labute approximate surface area is 275 Å². The third-order valence-electron chi connectivity index (χ3n) is 7.98. The van der Waals surface area contributed by atoms with Gasteiger partial charge in [-0.15, -0.1) is 0 Å². The topological polar surface area (TPSA) is 209 Å². The zero-order valence-electron chi connectivity index (χ0n) is 26.2. The molecule has 1 saturated heterocycles. The molecule has 1 aliphatic heterocycles. The van der Waals surface area contributed by atoms with E-state index in [4.69, 9.17) is 30.0 Å². The summed E-state index contributed by atoms with van der Waals surface area (Å²) in [7, 11) is -4.57. The number of aliphatic hydroxyl groups is 1. The number of anilines is 2. The van der Waals surface area contributed by atoms with Gasteiger partial charge in [0.1, 0.15) is 41.9 Å². The van der Waals surface area contributed by atoms with E-state index in [2.05, 4.69) is 21.7 Å². The summed E-state index contributed by atoms with van der Waals surface area (Å²) in [6.07, 6.45) is -2.51. The Kier molecular flexibility index (Phi) is 9.86. The number of nitrogen functional groups attached to an aromatic ring is 2. The number of alkyl halides is 1. The number of carbonyl (C=O) groups excluding carboxylic acids is 1. The zero-order valence-corrected chi connectivity index (χ0v) is 27.0. The molecule has 2 aromatic heterocycles. The van der Waals surface area contributed by atoms with Gasteiger partial charge in [0.05, 0.1) is 18.9 Å². The summed E-state index contributed by atoms with van der Waals surface area (Å²) in [5.74, 6) is -0.609. The third kappa shape index (κ3) is 6.49. The fourth-order valence-corrected chi connectivity index (χ4v) is 6.99. The summed E-state index contributed by atoms with van der Waals surface area (Å²) in [4.78, 5) is 17.1. The van der Waals surface area contributed by atoms with Crippen molar-refractivity contribution >= 4 is 36.3 Å². The van der Waals surface area contributed by atoms with Crippen molar-refractivity contribution in [2.24, 2.45) is 0 Å². The van der Waals surface area contributed by atoms with Crippen LogP contribution in [-0.2, 0) is 29.0 Å². The molecule has 0 bridgehead atoms. The Morgan fingerprint density at radius 2 is 1.94 bits per heavy atom. The molecule has 0 spiro atoms. The molecule has 16 heteroatoms. The van der Waals surface area contributed by atoms with Crippen LogP contribution in [0.15, 0.2) is 79.6 Å². The molecular formula is C32H35FN7O7P. The minimum absolute atomic E-state index is 0.0140. The number of hydrogen-bond acceptors (Lipinski definition) is 12. The van der Waals surface area contributed by atoms with Crippen LogP contribution >= 0.6 is 7.75 Å². The first kappa shape index (κ1) is 34.5. The number of nitrogens with zero attached hydrogens (tertiary/aromatic N) is 4. The lowest BCUT2D eigenvalue weighted by Crippen LogP contribution is -2.48. The van der Waals surface area contributed by atoms with Crippen LogP contribution in [0.3, 0.4) is 0 Å². The Morgan fingerprint density at radius 1 is 1.23 bits per heavy atom. The first-order chi connectivity index (χ1) is 22.9. The average molecular weight is 680 g/mol. The van der Waals surface area contributed by atoms with Crippen molar-refractivity contribution < 1.29 is 37.4 Å². The summed E-state index contributed by atoms with van der Waals surface area (Å²) >= 11 is 0. The van der Waals surface area contributed by atoms with Crippen molar-refractivity contribution in [3.63, 3.8) is 0 Å². The molecule has 1 fully saturated rings. The summed E-state index contributed by atoms with van der Waals surface area (Å²) in [5, 5.41) is 28.2. The van der Waals surface area contributed by atoms with Gasteiger partial charge in [0.2, 0.25) is 5.60 Å². The van der Waals surface area contributed by atoms with Crippen molar-refractivity contribution in [3.05, 3.63) is 90.9 Å². The van der Waals surface area contributed by atoms with E-state index in [0.29, 0.717) is 16.8 Å². The molecule has 48 heavy (non-hydrogen) atoms. The smallest absolute Gasteiger partial charge is 0.459 e. The Morgan fingerprint density at radius 3 is 2.62 bits per heavy atom. The van der Waals surface area contributed by atoms with E-state index >= 15 is 4.39 Å². The highest BCUT2D eigenvalue weighted by Crippen LogP contribution is 2.52. The standard InChI is InChI=1S/C32H35FN7O7P/c1-4-44-30(42)24(16-20(2)22-12-8-9-13-23(22)35)39-48(43,47-21-10-6-5-7-11-21)45-17-26-28(41)31(3,33)32(18-34,46-26)27-15-14-25-29(36)37-19-38-40(25)27/h5-15,19,24,26,28,41H,2,4,16-17,35H2,1,3H3,(H,39,43)(H2,36,37,38)/t24-,26+,28+,31+,32-,48?/m0/s1. The van der Waals surface area contributed by atoms with Gasteiger partial charge in [0.15, 0.2) is 11.5 Å². The predicted octanol–water partition coefficient (Wildman–Crippen LogP) is 3.93. The molecule has 4 aromatic rings. The largest absolute Gasteiger partial charge is 0.465 e. The molecule has 2 aromatic carbocycles. The molecule has 5 rings (SSSR count). The van der Waals surface area contributed by atoms with E-state index in [1.165, 1.54) is 28.8 Å². The molecule has 252 valence electrons. The van der Waals surface area contributed by atoms with Crippen LogP contribution in [0, 0.1) is 11.3 Å². The molecular weight excluding hydrogens is 644 g/mol. The summed E-state index contributed by atoms with van der Waals surface area (Å²) < 4.78 is 54.9. The van der Waals surface area contributed by atoms with Crippen LogP contribution in [-0.4, -0.2) is 62.8 Å². The van der Waals surface area contributed by atoms with Gasteiger partial charge in [0, 0.05) is 11.3 Å². The predicted molar refractivity (Wildman–Crippen MR) is 174 cm³/mol. The number of carbonyl (C=O) groups is 1. The van der Waals surface area contributed by atoms with Gasteiger partial charge >= 0.3 is 13.7 Å². The SMILES string of the molecule is C=C(C[C@H](NP(=O)(OC[C@H]1O[C@@](C#N)(c2ccc3c(N)ncnn23)[C@](C)(F)[C@@H]1O)Oc1ccccc1)C(=O)OCC)c1ccccc1N. The number of aromatic nitrogens is 3. The van der Waals surface area contributed by atoms with Gasteiger partial charge in [-0.25, -0.2) is 18.5 Å². The summed E-state index contributed by atoms with van der Waals surface area (Å²) in [6.45, 7) is 5.93. The van der Waals surface area contributed by atoms with Crippen LogP contribution in [0.5, 0.6) is 5.75 Å². The molecule has 14 nitrogen and oxygen atoms in total. The van der Waals surface area contributed by atoms with E-state index in [1.807, 2.05) is 6.07 Å². The van der Waals surface area contributed by atoms with Gasteiger partial charge in [-0.1, -0.05) is 43.0 Å². The molecule has 1 aliphatic rings. The van der Waals surface area contributed by atoms with Crippen LogP contribution in [0.4, 0.5) is 15.9 Å². The Bertz CT molecular complexity index is 1900. The highest BCUT2D eigenvalue weighted by Gasteiger charge is 2.67. The summed E-state index contributed by atoms with van der Waals surface area (Å²) in [5.41, 5.74) is 8.52. The number of nitrogens with two attached hydrogens (primary N) is 2. The van der Waals surface area contributed by atoms with Crippen LogP contribution in [0.2, 0.25) is 0 Å². The van der Waals surface area contributed by atoms with Gasteiger partial charge in [-0.3, -0.25) is 9.32 Å². The number of benzene rings is 2. The van der Waals surface area contributed by atoms with E-state index < -0.39 is 49.8 Å². The maximum atomic E-state index is 16.5. The summed E-state index contributed by atoms with van der Waals surface area (Å²) in [6, 6.07) is 18.3. The lowest BCUT2D eigenvalue weighted by molar-refractivity contribution is -0.145. The van der Waals surface area contributed by atoms with E-state index in [0.717, 1.165) is 13.3 Å². The van der Waals surface area contributed by atoms with Crippen molar-refractivity contribution in [1.29, 1.82) is 5.26 Å². The van der Waals surface area contributed by atoms with Crippen LogP contribution in [0.1, 0.15) is 31.5 Å². The van der Waals surface area contributed by atoms with Crippen molar-refractivity contribution in [2.75, 3.05) is 24.7 Å². The molecule has 0 saturated carbocycles. The quantitative estimate of drug-likeness (QED) is 0.0898. The first-order valence-corrected chi connectivity index (χ1v) is 16.4. The highest BCUT2D eigenvalue weighted by atomic mass is 31.2. The van der Waals surface area contributed by atoms with Gasteiger partial charge < -0.3 is 30.6 Å². The fourth-order valence-electron chi connectivity index (χ4n) is 5.48. The average Bonchev–Trinajstić information content (AvgIpc) is 3.58. The second kappa shape index (κ2) is 13.7. The number of hydrogen-bond donors (Lipinski definition) is 4. The number of esters is 1. The molecule has 0 amide bonds. The number of fused-ring (bicyclic) bond motifs is 1. The number of halogens is 1. The van der Waals surface area contributed by atoms with Gasteiger partial charge in [-0.2, -0.15) is 15.4 Å². The fraction of sp³-hybridized carbons (Fsp3) is 0.312.